The predicted molar refractivity (Wildman–Crippen MR) is 86.8 cm³/mol. The summed E-state index contributed by atoms with van der Waals surface area (Å²) in [5.74, 6) is -4.56. The number of hydrogen-bond acceptors (Lipinski definition) is 2. The summed E-state index contributed by atoms with van der Waals surface area (Å²) < 4.78 is 65.8. The van der Waals surface area contributed by atoms with Gasteiger partial charge in [0, 0.05) is 12.1 Å². The van der Waals surface area contributed by atoms with Gasteiger partial charge in [-0.25, -0.2) is 21.6 Å². The maximum absolute atomic E-state index is 13.2. The molecule has 24 heavy (non-hydrogen) atoms. The summed E-state index contributed by atoms with van der Waals surface area (Å²) >= 11 is 0. The first-order valence-corrected chi connectivity index (χ1v) is 9.08. The molecule has 0 fully saturated rings. The van der Waals surface area contributed by atoms with Crippen LogP contribution in [0.3, 0.4) is 0 Å². The van der Waals surface area contributed by atoms with Crippen LogP contribution in [0.15, 0.2) is 41.3 Å². The lowest BCUT2D eigenvalue weighted by Crippen LogP contribution is -2.13. The second-order valence-electron chi connectivity index (χ2n) is 5.46. The molecule has 0 heterocycles. The number of hydrogen-bond donors (Lipinski definition) is 1. The van der Waals surface area contributed by atoms with E-state index in [2.05, 4.69) is 6.92 Å². The molecule has 2 aromatic rings. The molecule has 0 spiro atoms. The number of sulfonamides is 1. The van der Waals surface area contributed by atoms with Crippen LogP contribution < -0.4 is 4.72 Å². The summed E-state index contributed by atoms with van der Waals surface area (Å²) in [5, 5.41) is 0. The Labute approximate surface area is 139 Å². The topological polar surface area (TPSA) is 46.2 Å². The Morgan fingerprint density at radius 3 is 2.08 bits per heavy atom. The Morgan fingerprint density at radius 1 is 0.958 bits per heavy atom. The maximum atomic E-state index is 13.2. The van der Waals surface area contributed by atoms with Crippen molar-refractivity contribution in [3.63, 3.8) is 0 Å². The molecule has 2 rings (SSSR count). The van der Waals surface area contributed by atoms with Crippen LogP contribution in [0.4, 0.5) is 18.9 Å². The quantitative estimate of drug-likeness (QED) is 0.580. The smallest absolute Gasteiger partial charge is 0.261 e. The summed E-state index contributed by atoms with van der Waals surface area (Å²) in [7, 11) is -4.01. The summed E-state index contributed by atoms with van der Waals surface area (Å²) in [6.45, 7) is 2.10. The highest BCUT2D eigenvalue weighted by Gasteiger charge is 2.17. The molecular formula is C17H18F3NO2S. The average Bonchev–Trinajstić information content (AvgIpc) is 2.53. The third kappa shape index (κ3) is 4.50. The van der Waals surface area contributed by atoms with Gasteiger partial charge in [0.1, 0.15) is 0 Å². The van der Waals surface area contributed by atoms with E-state index in [1.807, 2.05) is 4.72 Å². The van der Waals surface area contributed by atoms with Crippen LogP contribution in [0.2, 0.25) is 0 Å². The van der Waals surface area contributed by atoms with Crippen molar-refractivity contribution < 1.29 is 21.6 Å². The van der Waals surface area contributed by atoms with Crippen molar-refractivity contribution in [1.82, 2.24) is 0 Å². The van der Waals surface area contributed by atoms with Crippen LogP contribution in [0, 0.1) is 17.5 Å². The number of aryl methyl sites for hydroxylation is 1. The van der Waals surface area contributed by atoms with Gasteiger partial charge in [0.15, 0.2) is 17.5 Å². The molecule has 1 N–H and O–H groups in total. The van der Waals surface area contributed by atoms with Gasteiger partial charge in [0.05, 0.1) is 10.6 Å². The second-order valence-corrected chi connectivity index (χ2v) is 7.14. The first-order chi connectivity index (χ1) is 11.3. The molecule has 0 aliphatic heterocycles. The van der Waals surface area contributed by atoms with E-state index in [1.165, 1.54) is 12.1 Å². The van der Waals surface area contributed by atoms with Gasteiger partial charge < -0.3 is 0 Å². The Bertz CT molecular complexity index is 782. The zero-order valence-corrected chi connectivity index (χ0v) is 14.0. The summed E-state index contributed by atoms with van der Waals surface area (Å²) in [4.78, 5) is -0.0353. The normalized spacial score (nSPS) is 11.5. The highest BCUT2D eigenvalue weighted by atomic mass is 32.2. The Hall–Kier alpha value is -2.02. The molecule has 0 saturated carbocycles. The van der Waals surface area contributed by atoms with E-state index in [9.17, 15) is 21.6 Å². The van der Waals surface area contributed by atoms with E-state index >= 15 is 0 Å². The van der Waals surface area contributed by atoms with E-state index < -0.39 is 27.5 Å². The molecule has 0 bridgehead atoms. The van der Waals surface area contributed by atoms with Gasteiger partial charge >= 0.3 is 0 Å². The molecule has 2 aromatic carbocycles. The molecule has 0 aliphatic carbocycles. The number of halogens is 3. The maximum Gasteiger partial charge on any atom is 0.261 e. The predicted octanol–water partition coefficient (Wildman–Crippen LogP) is 4.64. The van der Waals surface area contributed by atoms with Gasteiger partial charge in [-0.2, -0.15) is 0 Å². The highest BCUT2D eigenvalue weighted by molar-refractivity contribution is 7.92. The molecular weight excluding hydrogens is 339 g/mol. The SMILES string of the molecule is CCCCCc1ccc(S(=O)(=O)Nc2cc(F)c(F)c(F)c2)cc1. The van der Waals surface area contributed by atoms with Crippen LogP contribution in [0.5, 0.6) is 0 Å². The minimum atomic E-state index is -4.01. The van der Waals surface area contributed by atoms with Gasteiger partial charge in [0.25, 0.3) is 10.0 Å². The average molecular weight is 357 g/mol. The molecule has 0 unspecified atom stereocenters. The van der Waals surface area contributed by atoms with E-state index in [0.29, 0.717) is 12.1 Å². The van der Waals surface area contributed by atoms with Gasteiger partial charge in [0.2, 0.25) is 0 Å². The molecule has 7 heteroatoms. The third-order valence-electron chi connectivity index (χ3n) is 3.54. The minimum absolute atomic E-state index is 0.0353. The van der Waals surface area contributed by atoms with E-state index in [4.69, 9.17) is 0 Å². The zero-order chi connectivity index (χ0) is 17.7. The van der Waals surface area contributed by atoms with Gasteiger partial charge in [-0.15, -0.1) is 0 Å². The fourth-order valence-corrected chi connectivity index (χ4v) is 3.28. The number of nitrogens with one attached hydrogen (secondary N) is 1. The minimum Gasteiger partial charge on any atom is -0.279 e. The zero-order valence-electron chi connectivity index (χ0n) is 13.2. The third-order valence-corrected chi connectivity index (χ3v) is 4.94. The lowest BCUT2D eigenvalue weighted by atomic mass is 10.1. The van der Waals surface area contributed by atoms with Crippen molar-refractivity contribution in [2.45, 2.75) is 37.5 Å². The first-order valence-electron chi connectivity index (χ1n) is 7.60. The van der Waals surface area contributed by atoms with Gasteiger partial charge in [-0.3, -0.25) is 4.72 Å². The Balaban J connectivity index is 2.15. The van der Waals surface area contributed by atoms with Crippen molar-refractivity contribution in [3.8, 4) is 0 Å². The molecule has 0 aliphatic rings. The standard InChI is InChI=1S/C17H18F3NO2S/c1-2-3-4-5-12-6-8-14(9-7-12)24(22,23)21-13-10-15(18)17(20)16(19)11-13/h6-11,21H,2-5H2,1H3. The highest BCUT2D eigenvalue weighted by Crippen LogP contribution is 2.21. The summed E-state index contributed by atoms with van der Waals surface area (Å²) in [6.07, 6.45) is 4.08. The van der Waals surface area contributed by atoms with E-state index in [-0.39, 0.29) is 10.6 Å². The number of benzene rings is 2. The van der Waals surface area contributed by atoms with Crippen molar-refractivity contribution >= 4 is 15.7 Å². The monoisotopic (exact) mass is 357 g/mol. The van der Waals surface area contributed by atoms with Gasteiger partial charge in [-0.1, -0.05) is 31.9 Å². The van der Waals surface area contributed by atoms with E-state index in [1.54, 1.807) is 12.1 Å². The number of unbranched alkanes of at least 4 members (excludes halogenated alkanes) is 2. The first kappa shape index (κ1) is 18.3. The fraction of sp³-hybridized carbons (Fsp3) is 0.294. The van der Waals surface area contributed by atoms with Crippen molar-refractivity contribution in [3.05, 3.63) is 59.4 Å². The lowest BCUT2D eigenvalue weighted by Gasteiger charge is -2.09. The molecule has 0 amide bonds. The molecule has 3 nitrogen and oxygen atoms in total. The van der Waals surface area contributed by atoms with Crippen LogP contribution in [-0.2, 0) is 16.4 Å². The van der Waals surface area contributed by atoms with E-state index in [0.717, 1.165) is 31.2 Å². The molecule has 0 saturated heterocycles. The molecule has 0 aromatic heterocycles. The molecule has 0 atom stereocenters. The summed E-state index contributed by atoms with van der Waals surface area (Å²) in [6, 6.07) is 7.45. The number of anilines is 1. The Morgan fingerprint density at radius 2 is 1.54 bits per heavy atom. The Kier molecular flexibility index (Phi) is 5.88. The van der Waals surface area contributed by atoms with Crippen molar-refractivity contribution in [2.75, 3.05) is 4.72 Å². The molecule has 130 valence electrons. The lowest BCUT2D eigenvalue weighted by molar-refractivity contribution is 0.448. The largest absolute Gasteiger partial charge is 0.279 e. The van der Waals surface area contributed by atoms with Gasteiger partial charge in [-0.05, 0) is 30.5 Å². The van der Waals surface area contributed by atoms with Crippen LogP contribution in [-0.4, -0.2) is 8.42 Å². The van der Waals surface area contributed by atoms with Crippen molar-refractivity contribution in [2.24, 2.45) is 0 Å². The second kappa shape index (κ2) is 7.70. The van der Waals surface area contributed by atoms with Crippen LogP contribution >= 0.6 is 0 Å². The summed E-state index contributed by atoms with van der Waals surface area (Å²) in [5.41, 5.74) is 0.639. The van der Waals surface area contributed by atoms with Crippen LogP contribution in [0.1, 0.15) is 31.7 Å². The fourth-order valence-electron chi connectivity index (χ4n) is 2.24. The van der Waals surface area contributed by atoms with Crippen molar-refractivity contribution in [1.29, 1.82) is 0 Å². The number of rotatable bonds is 7. The molecule has 0 radical (unpaired) electrons. The van der Waals surface area contributed by atoms with Crippen LogP contribution in [0.25, 0.3) is 0 Å².